The van der Waals surface area contributed by atoms with Crippen LogP contribution in [0, 0.1) is 0 Å². The van der Waals surface area contributed by atoms with Gasteiger partial charge in [0, 0.05) is 23.7 Å². The molecule has 0 aliphatic rings. The summed E-state index contributed by atoms with van der Waals surface area (Å²) in [6.45, 7) is -0.0602. The van der Waals surface area contributed by atoms with Crippen molar-refractivity contribution in [3.63, 3.8) is 0 Å². The number of nitrogens with zero attached hydrogens (tertiary/aromatic N) is 2. The van der Waals surface area contributed by atoms with Gasteiger partial charge < -0.3 is 15.2 Å². The molecule has 0 radical (unpaired) electrons. The van der Waals surface area contributed by atoms with Gasteiger partial charge in [0.05, 0.1) is 23.4 Å². The van der Waals surface area contributed by atoms with E-state index in [1.807, 2.05) is 24.3 Å². The zero-order valence-corrected chi connectivity index (χ0v) is 17.3. The van der Waals surface area contributed by atoms with Gasteiger partial charge in [0.1, 0.15) is 6.61 Å². The molecule has 4 aromatic rings. The summed E-state index contributed by atoms with van der Waals surface area (Å²) in [5.41, 5.74) is 2.25. The van der Waals surface area contributed by atoms with E-state index in [1.165, 1.54) is 6.07 Å². The lowest BCUT2D eigenvalue weighted by molar-refractivity contribution is -0.137. The van der Waals surface area contributed by atoms with Crippen molar-refractivity contribution in [3.05, 3.63) is 89.5 Å². The summed E-state index contributed by atoms with van der Waals surface area (Å²) in [6, 6.07) is 19.1. The van der Waals surface area contributed by atoms with Crippen molar-refractivity contribution in [2.75, 3.05) is 13.2 Å². The van der Waals surface area contributed by atoms with Gasteiger partial charge in [0.15, 0.2) is 0 Å². The molecule has 0 unspecified atom stereocenters. The number of benzene rings is 2. The highest BCUT2D eigenvalue weighted by molar-refractivity contribution is 5.95. The van der Waals surface area contributed by atoms with Crippen LogP contribution in [0.25, 0.3) is 16.8 Å². The number of rotatable bonds is 7. The second-order valence-electron chi connectivity index (χ2n) is 7.28. The van der Waals surface area contributed by atoms with E-state index >= 15 is 0 Å². The molecule has 33 heavy (non-hydrogen) atoms. The third kappa shape index (κ3) is 5.15. The van der Waals surface area contributed by atoms with Crippen LogP contribution in [-0.2, 0) is 12.8 Å². The van der Waals surface area contributed by atoms with Crippen LogP contribution in [0.3, 0.4) is 0 Å². The molecule has 6 nitrogen and oxygen atoms in total. The highest BCUT2D eigenvalue weighted by Crippen LogP contribution is 2.30. The molecule has 0 spiro atoms. The van der Waals surface area contributed by atoms with E-state index < -0.39 is 11.7 Å². The molecule has 2 aromatic carbocycles. The fourth-order valence-corrected chi connectivity index (χ4v) is 3.37. The Balaban J connectivity index is 1.57. The molecular weight excluding hydrogens is 435 g/mol. The molecule has 9 heteroatoms. The number of nitrogens with one attached hydrogen (secondary N) is 1. The highest BCUT2D eigenvalue weighted by Gasteiger charge is 2.30. The summed E-state index contributed by atoms with van der Waals surface area (Å²) in [4.78, 5) is 12.2. The Kier molecular flexibility index (Phi) is 6.32. The maximum Gasteiger partial charge on any atom is 0.416 e. The van der Waals surface area contributed by atoms with Crippen molar-refractivity contribution in [3.8, 4) is 17.1 Å². The van der Waals surface area contributed by atoms with Crippen molar-refractivity contribution in [2.24, 2.45) is 0 Å². The van der Waals surface area contributed by atoms with Crippen LogP contribution in [0.4, 0.5) is 13.2 Å². The fraction of sp³-hybridized carbons (Fsp3) is 0.167. The van der Waals surface area contributed by atoms with Gasteiger partial charge in [-0.2, -0.15) is 13.2 Å². The third-order valence-electron chi connectivity index (χ3n) is 4.92. The standard InChI is InChI=1S/C24H20F3N3O3/c25-24(26,27)19-7-1-4-16(12-19)15-33-22-14-20-8-3-9-21(30(20)29-22)17-5-2-6-18(13-17)23(32)28-10-11-31/h1-9,12-14,31H,10-11,15H2,(H,28,32). The van der Waals surface area contributed by atoms with Crippen LogP contribution in [0.1, 0.15) is 21.5 Å². The van der Waals surface area contributed by atoms with Gasteiger partial charge in [0.25, 0.3) is 5.91 Å². The smallest absolute Gasteiger partial charge is 0.416 e. The number of aliphatic hydroxyl groups excluding tert-OH is 1. The van der Waals surface area contributed by atoms with Crippen LogP contribution >= 0.6 is 0 Å². The number of halogens is 3. The number of hydrogen-bond donors (Lipinski definition) is 2. The normalized spacial score (nSPS) is 11.5. The van der Waals surface area contributed by atoms with Crippen molar-refractivity contribution in [1.29, 1.82) is 0 Å². The lowest BCUT2D eigenvalue weighted by Crippen LogP contribution is -2.26. The lowest BCUT2D eigenvalue weighted by atomic mass is 10.1. The second-order valence-corrected chi connectivity index (χ2v) is 7.28. The average Bonchev–Trinajstić information content (AvgIpc) is 3.24. The number of hydrogen-bond acceptors (Lipinski definition) is 4. The Bertz CT molecular complexity index is 1280. The van der Waals surface area contributed by atoms with E-state index in [-0.39, 0.29) is 31.5 Å². The first-order valence-electron chi connectivity index (χ1n) is 10.1. The Morgan fingerprint density at radius 1 is 1.03 bits per heavy atom. The molecule has 170 valence electrons. The van der Waals surface area contributed by atoms with Crippen molar-refractivity contribution < 1.29 is 27.8 Å². The zero-order valence-electron chi connectivity index (χ0n) is 17.3. The van der Waals surface area contributed by atoms with Gasteiger partial charge >= 0.3 is 6.18 Å². The minimum Gasteiger partial charge on any atom is -0.472 e. The molecule has 0 aliphatic carbocycles. The first-order valence-corrected chi connectivity index (χ1v) is 10.1. The number of alkyl halides is 3. The van der Waals surface area contributed by atoms with Crippen LogP contribution in [0.2, 0.25) is 0 Å². The number of fused-ring (bicyclic) bond motifs is 1. The largest absolute Gasteiger partial charge is 0.472 e. The van der Waals surface area contributed by atoms with Crippen molar-refractivity contribution >= 4 is 11.4 Å². The number of ether oxygens (including phenoxy) is 1. The lowest BCUT2D eigenvalue weighted by Gasteiger charge is -2.09. The number of carbonyl (C=O) groups is 1. The Hall–Kier alpha value is -3.85. The molecule has 0 saturated carbocycles. The summed E-state index contributed by atoms with van der Waals surface area (Å²) in [5, 5.41) is 15.9. The highest BCUT2D eigenvalue weighted by atomic mass is 19.4. The summed E-state index contributed by atoms with van der Waals surface area (Å²) >= 11 is 0. The number of aliphatic hydroxyl groups is 1. The molecular formula is C24H20F3N3O3. The molecule has 4 rings (SSSR count). The van der Waals surface area contributed by atoms with Crippen LogP contribution in [0.15, 0.2) is 72.8 Å². The van der Waals surface area contributed by atoms with Crippen molar-refractivity contribution in [1.82, 2.24) is 14.9 Å². The quantitative estimate of drug-likeness (QED) is 0.435. The predicted octanol–water partition coefficient (Wildman–Crippen LogP) is 4.32. The Morgan fingerprint density at radius 3 is 2.61 bits per heavy atom. The number of pyridine rings is 1. The van der Waals surface area contributed by atoms with E-state index in [0.29, 0.717) is 16.8 Å². The molecule has 1 amide bonds. The zero-order chi connectivity index (χ0) is 23.4. The molecule has 2 N–H and O–H groups in total. The number of aromatic nitrogens is 2. The van der Waals surface area contributed by atoms with Gasteiger partial charge in [-0.15, -0.1) is 5.10 Å². The summed E-state index contributed by atoms with van der Waals surface area (Å²) < 4.78 is 46.1. The maximum absolute atomic E-state index is 12.9. The minimum atomic E-state index is -4.42. The molecule has 0 fully saturated rings. The van der Waals surface area contributed by atoms with Crippen molar-refractivity contribution in [2.45, 2.75) is 12.8 Å². The maximum atomic E-state index is 12.9. The monoisotopic (exact) mass is 455 g/mol. The van der Waals surface area contributed by atoms with Gasteiger partial charge in [0.2, 0.25) is 5.88 Å². The van der Waals surface area contributed by atoms with E-state index in [9.17, 15) is 18.0 Å². The predicted molar refractivity (Wildman–Crippen MR) is 116 cm³/mol. The molecule has 0 bridgehead atoms. The Labute approximate surface area is 187 Å². The van der Waals surface area contributed by atoms with Gasteiger partial charge in [-0.25, -0.2) is 4.52 Å². The second kappa shape index (κ2) is 9.33. The first-order chi connectivity index (χ1) is 15.8. The minimum absolute atomic E-state index is 0.0658. The van der Waals surface area contributed by atoms with E-state index in [0.717, 1.165) is 23.2 Å². The van der Waals surface area contributed by atoms with E-state index in [4.69, 9.17) is 9.84 Å². The topological polar surface area (TPSA) is 75.9 Å². The summed E-state index contributed by atoms with van der Waals surface area (Å²) in [6.07, 6.45) is -4.42. The molecule has 2 heterocycles. The molecule has 0 saturated heterocycles. The summed E-state index contributed by atoms with van der Waals surface area (Å²) in [5.74, 6) is -0.0413. The molecule has 0 aliphatic heterocycles. The van der Waals surface area contributed by atoms with E-state index in [2.05, 4.69) is 10.4 Å². The van der Waals surface area contributed by atoms with Gasteiger partial charge in [-0.05, 0) is 42.0 Å². The van der Waals surface area contributed by atoms with Gasteiger partial charge in [-0.1, -0.05) is 30.3 Å². The fourth-order valence-electron chi connectivity index (χ4n) is 3.37. The third-order valence-corrected chi connectivity index (χ3v) is 4.92. The van der Waals surface area contributed by atoms with Crippen LogP contribution in [0.5, 0.6) is 5.88 Å². The molecule has 2 aromatic heterocycles. The molecule has 0 atom stereocenters. The van der Waals surface area contributed by atoms with Crippen LogP contribution < -0.4 is 10.1 Å². The number of carbonyl (C=O) groups excluding carboxylic acids is 1. The average molecular weight is 455 g/mol. The van der Waals surface area contributed by atoms with E-state index in [1.54, 1.807) is 34.8 Å². The first kappa shape index (κ1) is 22.3. The summed E-state index contributed by atoms with van der Waals surface area (Å²) in [7, 11) is 0. The number of amides is 1. The van der Waals surface area contributed by atoms with Crippen LogP contribution in [-0.4, -0.2) is 33.8 Å². The Morgan fingerprint density at radius 2 is 1.82 bits per heavy atom. The SMILES string of the molecule is O=C(NCCO)c1cccc(-c2cccc3cc(OCc4cccc(C(F)(F)F)c4)nn23)c1. The van der Waals surface area contributed by atoms with Gasteiger partial charge in [-0.3, -0.25) is 4.79 Å².